The molecule has 1 aliphatic heterocycles. The van der Waals surface area contributed by atoms with Crippen LogP contribution >= 0.6 is 11.6 Å². The van der Waals surface area contributed by atoms with E-state index in [1.54, 1.807) is 30.3 Å². The Bertz CT molecular complexity index is 1110. The fourth-order valence-corrected chi connectivity index (χ4v) is 3.54. The standard InChI is InChI=1S/C21H15ClFN3O3/c22-13-2-1-3-14(23)18(13)20-25-15(19-16(26-20)10-24-21(19)29)8-11-4-6-12(7-5-11)9-17(27)28/h1-7H,8-10H2,(H,24,29)(H,27,28). The first-order valence-electron chi connectivity index (χ1n) is 8.84. The van der Waals surface area contributed by atoms with Gasteiger partial charge in [0.1, 0.15) is 5.82 Å². The maximum atomic E-state index is 14.4. The highest BCUT2D eigenvalue weighted by Crippen LogP contribution is 2.30. The molecule has 2 N–H and O–H groups in total. The summed E-state index contributed by atoms with van der Waals surface area (Å²) in [4.78, 5) is 31.9. The molecule has 0 fully saturated rings. The average Bonchev–Trinajstić information content (AvgIpc) is 3.04. The van der Waals surface area contributed by atoms with E-state index in [0.717, 1.165) is 5.56 Å². The molecule has 0 aliphatic carbocycles. The summed E-state index contributed by atoms with van der Waals surface area (Å²) in [6.45, 7) is 0.236. The topological polar surface area (TPSA) is 92.2 Å². The molecule has 1 amide bonds. The number of fused-ring (bicyclic) bond motifs is 1. The Morgan fingerprint density at radius 2 is 1.83 bits per heavy atom. The maximum absolute atomic E-state index is 14.4. The normalized spacial score (nSPS) is 12.6. The molecule has 29 heavy (non-hydrogen) atoms. The van der Waals surface area contributed by atoms with Gasteiger partial charge in [0.05, 0.1) is 40.5 Å². The summed E-state index contributed by atoms with van der Waals surface area (Å²) in [5, 5.41) is 11.8. The van der Waals surface area contributed by atoms with Crippen LogP contribution in [-0.4, -0.2) is 27.0 Å². The Morgan fingerprint density at radius 3 is 2.52 bits per heavy atom. The molecule has 0 saturated heterocycles. The van der Waals surface area contributed by atoms with Crippen molar-refractivity contribution < 1.29 is 19.1 Å². The molecule has 0 bridgehead atoms. The number of nitrogens with zero attached hydrogens (tertiary/aromatic N) is 2. The summed E-state index contributed by atoms with van der Waals surface area (Å²) >= 11 is 6.16. The molecule has 0 saturated carbocycles. The van der Waals surface area contributed by atoms with E-state index in [9.17, 15) is 14.0 Å². The monoisotopic (exact) mass is 411 g/mol. The lowest BCUT2D eigenvalue weighted by molar-refractivity contribution is -0.136. The third kappa shape index (κ3) is 3.82. The zero-order valence-electron chi connectivity index (χ0n) is 15.1. The Morgan fingerprint density at radius 1 is 1.10 bits per heavy atom. The van der Waals surface area contributed by atoms with Gasteiger partial charge in [-0.25, -0.2) is 14.4 Å². The molecular formula is C21H15ClFN3O3. The SMILES string of the molecule is O=C(O)Cc1ccc(Cc2nc(-c3c(F)cccc3Cl)nc3c2C(=O)NC3)cc1. The number of amides is 1. The van der Waals surface area contributed by atoms with E-state index in [0.29, 0.717) is 28.9 Å². The van der Waals surface area contributed by atoms with Gasteiger partial charge in [-0.05, 0) is 23.3 Å². The number of hydrogen-bond donors (Lipinski definition) is 2. The predicted octanol–water partition coefficient (Wildman–Crippen LogP) is 3.40. The van der Waals surface area contributed by atoms with Crippen LogP contribution < -0.4 is 5.32 Å². The molecule has 0 unspecified atom stereocenters. The number of carboxylic acids is 1. The highest BCUT2D eigenvalue weighted by Gasteiger charge is 2.27. The van der Waals surface area contributed by atoms with E-state index < -0.39 is 11.8 Å². The van der Waals surface area contributed by atoms with Gasteiger partial charge < -0.3 is 10.4 Å². The summed E-state index contributed by atoms with van der Waals surface area (Å²) < 4.78 is 14.4. The molecule has 1 aromatic heterocycles. The van der Waals surface area contributed by atoms with Crippen molar-refractivity contribution >= 4 is 23.5 Å². The number of hydrogen-bond acceptors (Lipinski definition) is 4. The van der Waals surface area contributed by atoms with E-state index in [4.69, 9.17) is 16.7 Å². The number of aromatic nitrogens is 2. The first-order valence-corrected chi connectivity index (χ1v) is 9.22. The molecule has 4 rings (SSSR count). The van der Waals surface area contributed by atoms with Gasteiger partial charge in [-0.2, -0.15) is 0 Å². The molecule has 8 heteroatoms. The largest absolute Gasteiger partial charge is 0.481 e. The second-order valence-electron chi connectivity index (χ2n) is 6.66. The first-order chi connectivity index (χ1) is 13.9. The van der Waals surface area contributed by atoms with Crippen LogP contribution in [0.25, 0.3) is 11.4 Å². The molecule has 3 aromatic rings. The summed E-state index contributed by atoms with van der Waals surface area (Å²) in [6, 6.07) is 11.4. The lowest BCUT2D eigenvalue weighted by Gasteiger charge is -2.11. The summed E-state index contributed by atoms with van der Waals surface area (Å²) in [5.41, 5.74) is 2.95. The summed E-state index contributed by atoms with van der Waals surface area (Å²) in [6.07, 6.45) is 0.242. The van der Waals surface area contributed by atoms with Crippen LogP contribution in [0.2, 0.25) is 5.02 Å². The van der Waals surface area contributed by atoms with Crippen molar-refractivity contribution in [3.8, 4) is 11.4 Å². The van der Waals surface area contributed by atoms with Gasteiger partial charge in [0.25, 0.3) is 5.91 Å². The van der Waals surface area contributed by atoms with E-state index in [-0.39, 0.29) is 35.3 Å². The minimum Gasteiger partial charge on any atom is -0.481 e. The Hall–Kier alpha value is -3.32. The van der Waals surface area contributed by atoms with Crippen LogP contribution in [0, 0.1) is 5.82 Å². The zero-order valence-corrected chi connectivity index (χ0v) is 15.8. The van der Waals surface area contributed by atoms with E-state index >= 15 is 0 Å². The quantitative estimate of drug-likeness (QED) is 0.671. The maximum Gasteiger partial charge on any atom is 0.307 e. The molecule has 146 valence electrons. The van der Waals surface area contributed by atoms with E-state index in [1.165, 1.54) is 12.1 Å². The minimum atomic E-state index is -0.908. The smallest absolute Gasteiger partial charge is 0.307 e. The average molecular weight is 412 g/mol. The van der Waals surface area contributed by atoms with E-state index in [2.05, 4.69) is 15.3 Å². The zero-order chi connectivity index (χ0) is 20.5. The van der Waals surface area contributed by atoms with Crippen LogP contribution in [0.3, 0.4) is 0 Å². The fraction of sp³-hybridized carbons (Fsp3) is 0.143. The Labute approximate surface area is 170 Å². The third-order valence-corrected chi connectivity index (χ3v) is 4.95. The number of benzene rings is 2. The van der Waals surface area contributed by atoms with E-state index in [1.807, 2.05) is 0 Å². The second-order valence-corrected chi connectivity index (χ2v) is 7.07. The van der Waals surface area contributed by atoms with Crippen LogP contribution in [0.1, 0.15) is 32.9 Å². The van der Waals surface area contributed by atoms with Gasteiger partial charge in [0.15, 0.2) is 5.82 Å². The number of carboxylic acid groups (broad SMARTS) is 1. The molecule has 0 spiro atoms. The number of carbonyl (C=O) groups excluding carboxylic acids is 1. The van der Waals surface area contributed by atoms with Crippen LogP contribution in [0.4, 0.5) is 4.39 Å². The predicted molar refractivity (Wildman–Crippen MR) is 104 cm³/mol. The Balaban J connectivity index is 1.76. The number of nitrogens with one attached hydrogen (secondary N) is 1. The molecule has 0 atom stereocenters. The highest BCUT2D eigenvalue weighted by molar-refractivity contribution is 6.33. The van der Waals surface area contributed by atoms with Gasteiger partial charge >= 0.3 is 5.97 Å². The summed E-state index contributed by atoms with van der Waals surface area (Å²) in [5.74, 6) is -1.60. The van der Waals surface area contributed by atoms with Crippen molar-refractivity contribution in [1.29, 1.82) is 0 Å². The second kappa shape index (κ2) is 7.60. The first kappa shape index (κ1) is 19.0. The highest BCUT2D eigenvalue weighted by atomic mass is 35.5. The van der Waals surface area contributed by atoms with Crippen molar-refractivity contribution in [3.05, 3.63) is 81.4 Å². The molecule has 0 radical (unpaired) electrons. The van der Waals surface area contributed by atoms with Crippen molar-refractivity contribution in [2.75, 3.05) is 0 Å². The number of aliphatic carboxylic acids is 1. The third-order valence-electron chi connectivity index (χ3n) is 4.64. The van der Waals surface area contributed by atoms with Gasteiger partial charge in [-0.15, -0.1) is 0 Å². The van der Waals surface area contributed by atoms with Gasteiger partial charge in [0, 0.05) is 6.42 Å². The fourth-order valence-electron chi connectivity index (χ4n) is 3.30. The summed E-state index contributed by atoms with van der Waals surface area (Å²) in [7, 11) is 0. The number of rotatable bonds is 5. The lowest BCUT2D eigenvalue weighted by atomic mass is 10.0. The van der Waals surface area contributed by atoms with Gasteiger partial charge in [-0.1, -0.05) is 41.9 Å². The van der Waals surface area contributed by atoms with Crippen molar-refractivity contribution in [1.82, 2.24) is 15.3 Å². The molecule has 2 aromatic carbocycles. The van der Waals surface area contributed by atoms with Crippen LogP contribution in [0.5, 0.6) is 0 Å². The lowest BCUT2D eigenvalue weighted by Crippen LogP contribution is -2.14. The number of halogens is 2. The minimum absolute atomic E-state index is 0.0679. The molecule has 2 heterocycles. The van der Waals surface area contributed by atoms with Gasteiger partial charge in [0.2, 0.25) is 0 Å². The van der Waals surface area contributed by atoms with Crippen molar-refractivity contribution in [3.63, 3.8) is 0 Å². The van der Waals surface area contributed by atoms with Gasteiger partial charge in [-0.3, -0.25) is 9.59 Å². The molecule has 1 aliphatic rings. The van der Waals surface area contributed by atoms with Crippen LogP contribution in [-0.2, 0) is 24.2 Å². The Kier molecular flexibility index (Phi) is 4.98. The van der Waals surface area contributed by atoms with Crippen molar-refractivity contribution in [2.24, 2.45) is 0 Å². The van der Waals surface area contributed by atoms with Crippen molar-refractivity contribution in [2.45, 2.75) is 19.4 Å². The van der Waals surface area contributed by atoms with Crippen LogP contribution in [0.15, 0.2) is 42.5 Å². The number of carbonyl (C=O) groups is 2. The molecule has 6 nitrogen and oxygen atoms in total. The molecular weight excluding hydrogens is 397 g/mol.